The Kier molecular flexibility index (Phi) is 3.16. The Balaban J connectivity index is 1.75. The van der Waals surface area contributed by atoms with Crippen LogP contribution in [0.15, 0.2) is 0 Å². The maximum Gasteiger partial charge on any atom is 0.0100 e. The molecule has 0 heterocycles. The van der Waals surface area contributed by atoms with Crippen LogP contribution in [0.2, 0.25) is 0 Å². The van der Waals surface area contributed by atoms with Crippen molar-refractivity contribution in [2.75, 3.05) is 0 Å². The summed E-state index contributed by atoms with van der Waals surface area (Å²) in [7, 11) is 0. The smallest absolute Gasteiger partial charge is 0.0100 e. The summed E-state index contributed by atoms with van der Waals surface area (Å²) in [5.41, 5.74) is 0. The first-order valence-corrected chi connectivity index (χ1v) is 6.41. The van der Waals surface area contributed by atoms with Crippen LogP contribution in [0.5, 0.6) is 0 Å². The molecule has 0 radical (unpaired) electrons. The molecule has 14 heavy (non-hydrogen) atoms. The van der Waals surface area contributed by atoms with E-state index in [4.69, 9.17) is 0 Å². The van der Waals surface area contributed by atoms with Gasteiger partial charge in [-0.05, 0) is 50.4 Å². The largest absolute Gasteiger partial charge is 0.311 e. The normalized spacial score (nSPS) is 38.1. The fraction of sp³-hybridized carbons (Fsp3) is 1.00. The van der Waals surface area contributed by atoms with E-state index in [9.17, 15) is 0 Å². The molecule has 4 atom stereocenters. The molecule has 1 heteroatoms. The van der Waals surface area contributed by atoms with E-state index in [0.29, 0.717) is 0 Å². The molecule has 0 aromatic rings. The van der Waals surface area contributed by atoms with Gasteiger partial charge in [0.1, 0.15) is 0 Å². The van der Waals surface area contributed by atoms with Gasteiger partial charge in [0.2, 0.25) is 0 Å². The summed E-state index contributed by atoms with van der Waals surface area (Å²) in [6, 6.07) is 1.59. The van der Waals surface area contributed by atoms with Gasteiger partial charge in [-0.2, -0.15) is 0 Å². The minimum Gasteiger partial charge on any atom is -0.311 e. The second kappa shape index (κ2) is 4.22. The molecule has 2 rings (SSSR count). The Labute approximate surface area is 88.7 Å². The topological polar surface area (TPSA) is 12.0 Å². The number of nitrogens with one attached hydrogen (secondary N) is 1. The van der Waals surface area contributed by atoms with Crippen molar-refractivity contribution in [1.29, 1.82) is 0 Å². The molecule has 0 aromatic carbocycles. The van der Waals surface area contributed by atoms with Crippen LogP contribution in [0.4, 0.5) is 0 Å². The van der Waals surface area contributed by atoms with Crippen LogP contribution in [0, 0.1) is 17.8 Å². The predicted octanol–water partition coefficient (Wildman–Crippen LogP) is 3.20. The second-order valence-corrected chi connectivity index (χ2v) is 5.98. The molecule has 2 aliphatic carbocycles. The van der Waals surface area contributed by atoms with E-state index in [-0.39, 0.29) is 0 Å². The molecule has 1 nitrogen and oxygen atoms in total. The zero-order chi connectivity index (χ0) is 10.1. The zero-order valence-corrected chi connectivity index (χ0v) is 9.92. The first kappa shape index (κ1) is 10.5. The molecule has 2 saturated carbocycles. The van der Waals surface area contributed by atoms with E-state index < -0.39 is 0 Å². The fourth-order valence-electron chi connectivity index (χ4n) is 3.59. The van der Waals surface area contributed by atoms with Gasteiger partial charge in [0.05, 0.1) is 0 Å². The number of fused-ring (bicyclic) bond motifs is 2. The highest BCUT2D eigenvalue weighted by Gasteiger charge is 2.39. The van der Waals surface area contributed by atoms with E-state index in [1.807, 2.05) is 0 Å². The van der Waals surface area contributed by atoms with Crippen molar-refractivity contribution in [3.63, 3.8) is 0 Å². The molecule has 0 aromatic heterocycles. The van der Waals surface area contributed by atoms with Crippen molar-refractivity contribution in [2.45, 2.75) is 65.0 Å². The third-order valence-electron chi connectivity index (χ3n) is 4.06. The van der Waals surface area contributed by atoms with Gasteiger partial charge in [-0.1, -0.05) is 20.3 Å². The van der Waals surface area contributed by atoms with Crippen LogP contribution < -0.4 is 5.32 Å². The van der Waals surface area contributed by atoms with Gasteiger partial charge in [0.15, 0.2) is 0 Å². The summed E-state index contributed by atoms with van der Waals surface area (Å²) < 4.78 is 0. The average molecular weight is 195 g/mol. The molecule has 0 aliphatic heterocycles. The summed E-state index contributed by atoms with van der Waals surface area (Å²) in [5.74, 6) is 2.93. The highest BCUT2D eigenvalue weighted by atomic mass is 15.0. The van der Waals surface area contributed by atoms with Gasteiger partial charge in [-0.3, -0.25) is 0 Å². The number of hydrogen-bond donors (Lipinski definition) is 1. The van der Waals surface area contributed by atoms with Gasteiger partial charge in [0.25, 0.3) is 0 Å². The number of hydrogen-bond acceptors (Lipinski definition) is 1. The Hall–Kier alpha value is -0.0400. The summed E-state index contributed by atoms with van der Waals surface area (Å²) in [6.07, 6.45) is 7.32. The molecule has 82 valence electrons. The minimum absolute atomic E-state index is 0.722. The van der Waals surface area contributed by atoms with Crippen molar-refractivity contribution in [3.8, 4) is 0 Å². The van der Waals surface area contributed by atoms with Crippen molar-refractivity contribution in [2.24, 2.45) is 17.8 Å². The molecule has 1 N–H and O–H groups in total. The van der Waals surface area contributed by atoms with Crippen LogP contribution in [0.3, 0.4) is 0 Å². The molecular weight excluding hydrogens is 170 g/mol. The second-order valence-electron chi connectivity index (χ2n) is 5.98. The lowest BCUT2D eigenvalue weighted by molar-refractivity contribution is 0.305. The van der Waals surface area contributed by atoms with E-state index in [1.54, 1.807) is 0 Å². The van der Waals surface area contributed by atoms with Crippen LogP contribution in [0.25, 0.3) is 0 Å². The number of rotatable bonds is 4. The first-order chi connectivity index (χ1) is 6.65. The quantitative estimate of drug-likeness (QED) is 0.726. The Morgan fingerprint density at radius 1 is 1.14 bits per heavy atom. The molecule has 2 aliphatic rings. The standard InChI is InChI=1S/C13H25N/c1-9(2)6-10(3)14-13-8-11-4-5-12(13)7-11/h9-14H,4-8H2,1-3H3. The van der Waals surface area contributed by atoms with E-state index in [0.717, 1.165) is 29.8 Å². The van der Waals surface area contributed by atoms with E-state index in [1.165, 1.54) is 32.1 Å². The molecule has 4 unspecified atom stereocenters. The van der Waals surface area contributed by atoms with Gasteiger partial charge < -0.3 is 5.32 Å². The van der Waals surface area contributed by atoms with Crippen LogP contribution in [-0.4, -0.2) is 12.1 Å². The highest BCUT2D eigenvalue weighted by Crippen LogP contribution is 2.44. The monoisotopic (exact) mass is 195 g/mol. The van der Waals surface area contributed by atoms with Gasteiger partial charge in [-0.15, -0.1) is 0 Å². The SMILES string of the molecule is CC(C)CC(C)NC1CC2CCC1C2. The summed E-state index contributed by atoms with van der Waals surface area (Å²) in [4.78, 5) is 0. The predicted molar refractivity (Wildman–Crippen MR) is 61.3 cm³/mol. The Bertz CT molecular complexity index is 188. The lowest BCUT2D eigenvalue weighted by Gasteiger charge is -2.27. The van der Waals surface area contributed by atoms with Crippen molar-refractivity contribution >= 4 is 0 Å². The Morgan fingerprint density at radius 3 is 2.43 bits per heavy atom. The molecule has 2 bridgehead atoms. The molecule has 0 spiro atoms. The first-order valence-electron chi connectivity index (χ1n) is 6.41. The minimum atomic E-state index is 0.722. The molecule has 2 fully saturated rings. The summed E-state index contributed by atoms with van der Waals surface area (Å²) in [5, 5.41) is 3.84. The maximum absolute atomic E-state index is 3.84. The third kappa shape index (κ3) is 2.31. The van der Waals surface area contributed by atoms with Crippen molar-refractivity contribution < 1.29 is 0 Å². The average Bonchev–Trinajstić information content (AvgIpc) is 2.62. The lowest BCUT2D eigenvalue weighted by atomic mass is 9.94. The van der Waals surface area contributed by atoms with E-state index >= 15 is 0 Å². The third-order valence-corrected chi connectivity index (χ3v) is 4.06. The summed E-state index contributed by atoms with van der Waals surface area (Å²) in [6.45, 7) is 6.99. The lowest BCUT2D eigenvalue weighted by Crippen LogP contribution is -2.40. The molecule has 0 saturated heterocycles. The van der Waals surface area contributed by atoms with Crippen LogP contribution in [0.1, 0.15) is 52.9 Å². The maximum atomic E-state index is 3.84. The van der Waals surface area contributed by atoms with Gasteiger partial charge >= 0.3 is 0 Å². The summed E-state index contributed by atoms with van der Waals surface area (Å²) >= 11 is 0. The molecular formula is C13H25N. The fourth-order valence-corrected chi connectivity index (χ4v) is 3.59. The van der Waals surface area contributed by atoms with Gasteiger partial charge in [-0.25, -0.2) is 0 Å². The Morgan fingerprint density at radius 2 is 1.93 bits per heavy atom. The van der Waals surface area contributed by atoms with Gasteiger partial charge in [0, 0.05) is 12.1 Å². The highest BCUT2D eigenvalue weighted by molar-refractivity contribution is 4.94. The van der Waals surface area contributed by atoms with Crippen LogP contribution in [-0.2, 0) is 0 Å². The van der Waals surface area contributed by atoms with Crippen molar-refractivity contribution in [1.82, 2.24) is 5.32 Å². The van der Waals surface area contributed by atoms with Crippen LogP contribution >= 0.6 is 0 Å². The zero-order valence-electron chi connectivity index (χ0n) is 9.92. The van der Waals surface area contributed by atoms with Crippen molar-refractivity contribution in [3.05, 3.63) is 0 Å². The van der Waals surface area contributed by atoms with E-state index in [2.05, 4.69) is 26.1 Å². The molecule has 0 amide bonds.